The highest BCUT2D eigenvalue weighted by atomic mass is 32.1. The van der Waals surface area contributed by atoms with Crippen LogP contribution in [-0.2, 0) is 17.6 Å². The molecular formula is C15H17NO2S. The minimum atomic E-state index is -0.743. The zero-order chi connectivity index (χ0) is 13.8. The second-order valence-electron chi connectivity index (χ2n) is 4.78. The van der Waals surface area contributed by atoms with Gasteiger partial charge in [0.25, 0.3) is 0 Å². The van der Waals surface area contributed by atoms with Crippen LogP contribution in [-0.4, -0.2) is 16.1 Å². The van der Waals surface area contributed by atoms with E-state index in [2.05, 4.69) is 4.98 Å². The number of aryl methyl sites for hydroxylation is 2. The summed E-state index contributed by atoms with van der Waals surface area (Å²) in [4.78, 5) is 16.6. The highest BCUT2D eigenvalue weighted by Gasteiger charge is 2.19. The van der Waals surface area contributed by atoms with Gasteiger partial charge in [0.15, 0.2) is 0 Å². The maximum Gasteiger partial charge on any atom is 0.307 e. The number of carbonyl (C=O) groups is 1. The van der Waals surface area contributed by atoms with E-state index >= 15 is 0 Å². The quantitative estimate of drug-likeness (QED) is 0.911. The predicted molar refractivity (Wildman–Crippen MR) is 76.6 cm³/mol. The Bertz CT molecular complexity index is 577. The smallest absolute Gasteiger partial charge is 0.307 e. The lowest BCUT2D eigenvalue weighted by molar-refractivity contribution is -0.141. The van der Waals surface area contributed by atoms with Crippen molar-refractivity contribution in [2.75, 3.05) is 0 Å². The van der Waals surface area contributed by atoms with Gasteiger partial charge < -0.3 is 5.11 Å². The molecule has 1 N–H and O–H groups in total. The SMILES string of the molecule is Cc1cccc(CC(Cc2cnc(C)s2)C(=O)O)c1. The lowest BCUT2D eigenvalue weighted by Crippen LogP contribution is -2.18. The van der Waals surface area contributed by atoms with Crippen molar-refractivity contribution in [3.8, 4) is 0 Å². The first-order valence-corrected chi connectivity index (χ1v) is 7.06. The van der Waals surface area contributed by atoms with Crippen molar-refractivity contribution in [2.24, 2.45) is 5.92 Å². The van der Waals surface area contributed by atoms with Gasteiger partial charge in [-0.25, -0.2) is 4.98 Å². The lowest BCUT2D eigenvalue weighted by Gasteiger charge is -2.11. The summed E-state index contributed by atoms with van der Waals surface area (Å²) >= 11 is 1.57. The van der Waals surface area contributed by atoms with E-state index in [0.29, 0.717) is 12.8 Å². The molecule has 0 aliphatic heterocycles. The normalized spacial score (nSPS) is 12.3. The molecule has 1 aromatic carbocycles. The maximum atomic E-state index is 11.4. The van der Waals surface area contributed by atoms with Crippen LogP contribution in [0.5, 0.6) is 0 Å². The van der Waals surface area contributed by atoms with Gasteiger partial charge in [0.1, 0.15) is 0 Å². The number of benzene rings is 1. The number of hydrogen-bond donors (Lipinski definition) is 1. The molecule has 2 rings (SSSR count). The average molecular weight is 275 g/mol. The van der Waals surface area contributed by atoms with Crippen molar-refractivity contribution in [1.29, 1.82) is 0 Å². The fraction of sp³-hybridized carbons (Fsp3) is 0.333. The van der Waals surface area contributed by atoms with Gasteiger partial charge in [0, 0.05) is 11.1 Å². The van der Waals surface area contributed by atoms with Crippen LogP contribution in [0.15, 0.2) is 30.5 Å². The van der Waals surface area contributed by atoms with Gasteiger partial charge in [0.05, 0.1) is 10.9 Å². The van der Waals surface area contributed by atoms with E-state index in [-0.39, 0.29) is 5.92 Å². The van der Waals surface area contributed by atoms with Gasteiger partial charge in [-0.05, 0) is 32.3 Å². The maximum absolute atomic E-state index is 11.4. The number of nitrogens with zero attached hydrogens (tertiary/aromatic N) is 1. The fourth-order valence-electron chi connectivity index (χ4n) is 2.11. The summed E-state index contributed by atoms with van der Waals surface area (Å²) in [6.07, 6.45) is 2.90. The molecule has 1 aromatic heterocycles. The number of carboxylic acid groups (broad SMARTS) is 1. The number of aromatic nitrogens is 1. The Labute approximate surface area is 116 Å². The molecule has 0 saturated heterocycles. The molecule has 4 heteroatoms. The molecule has 0 aliphatic rings. The number of hydrogen-bond acceptors (Lipinski definition) is 3. The van der Waals surface area contributed by atoms with Gasteiger partial charge >= 0.3 is 5.97 Å². The molecule has 19 heavy (non-hydrogen) atoms. The minimum absolute atomic E-state index is 0.387. The third kappa shape index (κ3) is 3.89. The van der Waals surface area contributed by atoms with Crippen LogP contribution in [0.1, 0.15) is 21.0 Å². The summed E-state index contributed by atoms with van der Waals surface area (Å²) in [6, 6.07) is 8.03. The van der Waals surface area contributed by atoms with E-state index in [1.807, 2.05) is 38.1 Å². The Balaban J connectivity index is 2.10. The Morgan fingerprint density at radius 3 is 2.74 bits per heavy atom. The van der Waals surface area contributed by atoms with Crippen LogP contribution in [0, 0.1) is 19.8 Å². The van der Waals surface area contributed by atoms with E-state index in [0.717, 1.165) is 21.0 Å². The lowest BCUT2D eigenvalue weighted by atomic mass is 9.95. The molecule has 3 nitrogen and oxygen atoms in total. The van der Waals surface area contributed by atoms with Crippen LogP contribution in [0.4, 0.5) is 0 Å². The predicted octanol–water partition coefficient (Wildman–Crippen LogP) is 3.25. The van der Waals surface area contributed by atoms with Crippen molar-refractivity contribution < 1.29 is 9.90 Å². The topological polar surface area (TPSA) is 50.2 Å². The minimum Gasteiger partial charge on any atom is -0.481 e. The summed E-state index contributed by atoms with van der Waals surface area (Å²) in [5, 5.41) is 10.3. The van der Waals surface area contributed by atoms with E-state index in [1.54, 1.807) is 17.5 Å². The van der Waals surface area contributed by atoms with E-state index in [9.17, 15) is 9.90 Å². The van der Waals surface area contributed by atoms with Gasteiger partial charge in [0.2, 0.25) is 0 Å². The molecule has 1 heterocycles. The van der Waals surface area contributed by atoms with Crippen LogP contribution >= 0.6 is 11.3 Å². The number of carboxylic acids is 1. The monoisotopic (exact) mass is 275 g/mol. The van der Waals surface area contributed by atoms with Crippen molar-refractivity contribution >= 4 is 17.3 Å². The summed E-state index contributed by atoms with van der Waals surface area (Å²) < 4.78 is 0. The summed E-state index contributed by atoms with van der Waals surface area (Å²) in [5.41, 5.74) is 2.24. The Morgan fingerprint density at radius 2 is 2.16 bits per heavy atom. The van der Waals surface area contributed by atoms with Gasteiger partial charge in [-0.2, -0.15) is 0 Å². The highest BCUT2D eigenvalue weighted by Crippen LogP contribution is 2.20. The molecule has 0 aliphatic carbocycles. The molecular weight excluding hydrogens is 258 g/mol. The van der Waals surface area contributed by atoms with Crippen molar-refractivity contribution in [3.63, 3.8) is 0 Å². The molecule has 0 amide bonds. The van der Waals surface area contributed by atoms with E-state index in [4.69, 9.17) is 0 Å². The molecule has 100 valence electrons. The van der Waals surface area contributed by atoms with Gasteiger partial charge in [-0.3, -0.25) is 4.79 Å². The largest absolute Gasteiger partial charge is 0.481 e. The van der Waals surface area contributed by atoms with Crippen molar-refractivity contribution in [1.82, 2.24) is 4.98 Å². The van der Waals surface area contributed by atoms with Gasteiger partial charge in [-0.1, -0.05) is 29.8 Å². The molecule has 1 atom stereocenters. The first kappa shape index (κ1) is 13.7. The zero-order valence-corrected chi connectivity index (χ0v) is 11.9. The van der Waals surface area contributed by atoms with E-state index in [1.165, 1.54) is 0 Å². The molecule has 0 bridgehead atoms. The Morgan fingerprint density at radius 1 is 1.37 bits per heavy atom. The molecule has 0 fully saturated rings. The summed E-state index contributed by atoms with van der Waals surface area (Å²) in [7, 11) is 0. The van der Waals surface area contributed by atoms with Crippen LogP contribution in [0.25, 0.3) is 0 Å². The summed E-state index contributed by atoms with van der Waals surface area (Å²) in [6.45, 7) is 3.95. The third-order valence-corrected chi connectivity index (χ3v) is 3.97. The zero-order valence-electron chi connectivity index (χ0n) is 11.1. The van der Waals surface area contributed by atoms with Gasteiger partial charge in [-0.15, -0.1) is 11.3 Å². The Hall–Kier alpha value is -1.68. The Kier molecular flexibility index (Phi) is 4.32. The molecule has 0 radical (unpaired) electrons. The first-order chi connectivity index (χ1) is 9.04. The van der Waals surface area contributed by atoms with Crippen LogP contribution < -0.4 is 0 Å². The van der Waals surface area contributed by atoms with Crippen molar-refractivity contribution in [3.05, 3.63) is 51.5 Å². The van der Waals surface area contributed by atoms with Crippen molar-refractivity contribution in [2.45, 2.75) is 26.7 Å². The van der Waals surface area contributed by atoms with Crippen LogP contribution in [0.2, 0.25) is 0 Å². The number of rotatable bonds is 5. The molecule has 0 saturated carbocycles. The van der Waals surface area contributed by atoms with Crippen LogP contribution in [0.3, 0.4) is 0 Å². The fourth-order valence-corrected chi connectivity index (χ4v) is 2.99. The van der Waals surface area contributed by atoms with E-state index < -0.39 is 5.97 Å². The molecule has 2 aromatic rings. The first-order valence-electron chi connectivity index (χ1n) is 6.24. The second-order valence-corrected chi connectivity index (χ2v) is 6.10. The highest BCUT2D eigenvalue weighted by molar-refractivity contribution is 7.11. The molecule has 1 unspecified atom stereocenters. The standard InChI is InChI=1S/C15H17NO2S/c1-10-4-3-5-12(6-10)7-13(15(17)18)8-14-9-16-11(2)19-14/h3-6,9,13H,7-8H2,1-2H3,(H,17,18). The number of thiazole rings is 1. The third-order valence-electron chi connectivity index (χ3n) is 3.03. The average Bonchev–Trinajstić information content (AvgIpc) is 2.74. The second kappa shape index (κ2) is 5.97. The molecule has 0 spiro atoms. The number of aliphatic carboxylic acids is 1. The summed E-state index contributed by atoms with van der Waals surface area (Å²) in [5.74, 6) is -1.13.